The molecule has 1 aromatic carbocycles. The highest BCUT2D eigenvalue weighted by molar-refractivity contribution is 14.1. The van der Waals surface area contributed by atoms with Gasteiger partial charge in [0.25, 0.3) is 0 Å². The Morgan fingerprint density at radius 2 is 2.15 bits per heavy atom. The van der Waals surface area contributed by atoms with Crippen molar-refractivity contribution in [1.82, 2.24) is 4.98 Å². The second-order valence-corrected chi connectivity index (χ2v) is 5.79. The van der Waals surface area contributed by atoms with Crippen LogP contribution < -0.4 is 15.8 Å². The Balaban J connectivity index is 2.20. The molecular formula is C14H15ClIN3O. The molecule has 2 aromatic rings. The number of pyridine rings is 1. The van der Waals surface area contributed by atoms with Gasteiger partial charge in [0.05, 0.1) is 18.0 Å². The van der Waals surface area contributed by atoms with E-state index in [9.17, 15) is 0 Å². The summed E-state index contributed by atoms with van der Waals surface area (Å²) in [6.45, 7) is 2.63. The largest absolute Gasteiger partial charge is 0.476 e. The molecule has 0 spiro atoms. The van der Waals surface area contributed by atoms with Crippen LogP contribution in [0.25, 0.3) is 0 Å². The summed E-state index contributed by atoms with van der Waals surface area (Å²) in [6, 6.07) is 9.23. The molecular weight excluding hydrogens is 389 g/mol. The van der Waals surface area contributed by atoms with Crippen molar-refractivity contribution in [3.05, 3.63) is 38.9 Å². The molecule has 6 heteroatoms. The summed E-state index contributed by atoms with van der Waals surface area (Å²) < 4.78 is 6.53. The van der Waals surface area contributed by atoms with Gasteiger partial charge in [-0.1, -0.05) is 18.5 Å². The third-order valence-electron chi connectivity index (χ3n) is 2.53. The van der Waals surface area contributed by atoms with E-state index >= 15 is 0 Å². The van der Waals surface area contributed by atoms with Crippen LogP contribution in [0, 0.1) is 3.57 Å². The van der Waals surface area contributed by atoms with Crippen molar-refractivity contribution in [3.8, 4) is 5.88 Å². The first-order valence-corrected chi connectivity index (χ1v) is 7.67. The Bertz CT molecular complexity index is 607. The Kier molecular flexibility index (Phi) is 5.31. The number of nitrogen functional groups attached to an aromatic ring is 1. The SMILES string of the molecule is CCCOc1nc(Nc2ccc(Cl)cc2I)ccc1N. The lowest BCUT2D eigenvalue weighted by Crippen LogP contribution is -2.03. The van der Waals surface area contributed by atoms with Crippen LogP contribution in [-0.4, -0.2) is 11.6 Å². The van der Waals surface area contributed by atoms with Crippen molar-refractivity contribution in [2.75, 3.05) is 17.7 Å². The molecule has 1 heterocycles. The maximum absolute atomic E-state index is 5.94. The Morgan fingerprint density at radius 1 is 1.35 bits per heavy atom. The first-order chi connectivity index (χ1) is 9.60. The zero-order valence-electron chi connectivity index (χ0n) is 11.0. The third-order valence-corrected chi connectivity index (χ3v) is 3.65. The lowest BCUT2D eigenvalue weighted by Gasteiger charge is -2.11. The van der Waals surface area contributed by atoms with Crippen LogP contribution in [-0.2, 0) is 0 Å². The smallest absolute Gasteiger partial charge is 0.239 e. The van der Waals surface area contributed by atoms with E-state index in [0.717, 1.165) is 15.7 Å². The van der Waals surface area contributed by atoms with Gasteiger partial charge in [0.2, 0.25) is 5.88 Å². The van der Waals surface area contributed by atoms with Gasteiger partial charge in [0.15, 0.2) is 0 Å². The monoisotopic (exact) mass is 403 g/mol. The predicted molar refractivity (Wildman–Crippen MR) is 91.9 cm³/mol. The molecule has 0 aliphatic rings. The zero-order valence-corrected chi connectivity index (χ0v) is 13.9. The maximum Gasteiger partial charge on any atom is 0.239 e. The first-order valence-electron chi connectivity index (χ1n) is 6.21. The minimum absolute atomic E-state index is 0.459. The number of nitrogens with one attached hydrogen (secondary N) is 1. The highest BCUT2D eigenvalue weighted by Gasteiger charge is 2.06. The fraction of sp³-hybridized carbons (Fsp3) is 0.214. The second-order valence-electron chi connectivity index (χ2n) is 4.19. The van der Waals surface area contributed by atoms with Gasteiger partial charge in [0.1, 0.15) is 5.82 Å². The molecule has 0 aliphatic carbocycles. The van der Waals surface area contributed by atoms with Crippen molar-refractivity contribution in [1.29, 1.82) is 0 Å². The van der Waals surface area contributed by atoms with Crippen LogP contribution >= 0.6 is 34.2 Å². The summed E-state index contributed by atoms with van der Waals surface area (Å²) in [5.74, 6) is 1.14. The zero-order chi connectivity index (χ0) is 14.5. The van der Waals surface area contributed by atoms with E-state index in [-0.39, 0.29) is 0 Å². The molecule has 0 saturated carbocycles. The number of aromatic nitrogens is 1. The van der Waals surface area contributed by atoms with Gasteiger partial charge in [0, 0.05) is 8.59 Å². The number of hydrogen-bond donors (Lipinski definition) is 2. The standard InChI is InChI=1S/C14H15ClIN3O/c1-2-7-20-14-11(17)4-6-13(19-14)18-12-5-3-9(15)8-10(12)16/h3-6,8H,2,7,17H2,1H3,(H,18,19). The Labute approximate surface area is 136 Å². The van der Waals surface area contributed by atoms with E-state index < -0.39 is 0 Å². The number of benzene rings is 1. The van der Waals surface area contributed by atoms with E-state index in [1.807, 2.05) is 31.2 Å². The highest BCUT2D eigenvalue weighted by Crippen LogP contribution is 2.27. The lowest BCUT2D eigenvalue weighted by molar-refractivity contribution is 0.307. The van der Waals surface area contributed by atoms with Gasteiger partial charge in [-0.3, -0.25) is 0 Å². The van der Waals surface area contributed by atoms with Crippen LogP contribution in [0.4, 0.5) is 17.2 Å². The minimum Gasteiger partial charge on any atom is -0.476 e. The third kappa shape index (κ3) is 3.89. The molecule has 20 heavy (non-hydrogen) atoms. The number of ether oxygens (including phenoxy) is 1. The molecule has 106 valence electrons. The fourth-order valence-corrected chi connectivity index (χ4v) is 2.57. The fourth-order valence-electron chi connectivity index (χ4n) is 1.56. The van der Waals surface area contributed by atoms with E-state index in [2.05, 4.69) is 32.9 Å². The summed E-state index contributed by atoms with van der Waals surface area (Å²) in [6.07, 6.45) is 0.911. The molecule has 4 nitrogen and oxygen atoms in total. The maximum atomic E-state index is 5.94. The Morgan fingerprint density at radius 3 is 2.85 bits per heavy atom. The number of nitrogens with zero attached hydrogens (tertiary/aromatic N) is 1. The van der Waals surface area contributed by atoms with Crippen LogP contribution in [0.5, 0.6) is 5.88 Å². The number of anilines is 3. The van der Waals surface area contributed by atoms with E-state index in [4.69, 9.17) is 22.1 Å². The number of rotatable bonds is 5. The van der Waals surface area contributed by atoms with Gasteiger partial charge in [-0.2, -0.15) is 4.98 Å². The molecule has 0 saturated heterocycles. The molecule has 3 N–H and O–H groups in total. The van der Waals surface area contributed by atoms with Gasteiger partial charge in [-0.05, 0) is 59.3 Å². The average Bonchev–Trinajstić information content (AvgIpc) is 2.42. The lowest BCUT2D eigenvalue weighted by atomic mass is 10.3. The summed E-state index contributed by atoms with van der Waals surface area (Å²) >= 11 is 8.16. The van der Waals surface area contributed by atoms with Crippen molar-refractivity contribution in [2.24, 2.45) is 0 Å². The van der Waals surface area contributed by atoms with E-state index in [1.54, 1.807) is 6.07 Å². The van der Waals surface area contributed by atoms with Crippen LogP contribution in [0.15, 0.2) is 30.3 Å². The highest BCUT2D eigenvalue weighted by atomic mass is 127. The molecule has 0 unspecified atom stereocenters. The summed E-state index contributed by atoms with van der Waals surface area (Å²) in [5.41, 5.74) is 7.31. The van der Waals surface area contributed by atoms with Crippen LogP contribution in [0.3, 0.4) is 0 Å². The van der Waals surface area contributed by atoms with Crippen LogP contribution in [0.2, 0.25) is 5.02 Å². The molecule has 2 rings (SSSR count). The number of hydrogen-bond acceptors (Lipinski definition) is 4. The number of nitrogens with two attached hydrogens (primary N) is 1. The quantitative estimate of drug-likeness (QED) is 0.724. The van der Waals surface area contributed by atoms with Crippen molar-refractivity contribution >= 4 is 51.4 Å². The minimum atomic E-state index is 0.459. The first kappa shape index (κ1) is 15.2. The molecule has 0 bridgehead atoms. The van der Waals surface area contributed by atoms with Crippen molar-refractivity contribution < 1.29 is 4.74 Å². The van der Waals surface area contributed by atoms with E-state index in [0.29, 0.717) is 29.0 Å². The summed E-state index contributed by atoms with van der Waals surface area (Å²) in [5, 5.41) is 3.94. The summed E-state index contributed by atoms with van der Waals surface area (Å²) in [7, 11) is 0. The van der Waals surface area contributed by atoms with Crippen LogP contribution in [0.1, 0.15) is 13.3 Å². The van der Waals surface area contributed by atoms with Crippen molar-refractivity contribution in [3.63, 3.8) is 0 Å². The van der Waals surface area contributed by atoms with Gasteiger partial charge in [-0.25, -0.2) is 0 Å². The Hall–Kier alpha value is -1.21. The van der Waals surface area contributed by atoms with Gasteiger partial charge >= 0.3 is 0 Å². The van der Waals surface area contributed by atoms with E-state index in [1.165, 1.54) is 0 Å². The molecule has 0 fully saturated rings. The topological polar surface area (TPSA) is 60.2 Å². The molecule has 1 aromatic heterocycles. The molecule has 0 amide bonds. The normalized spacial score (nSPS) is 10.3. The molecule has 0 atom stereocenters. The van der Waals surface area contributed by atoms with Crippen molar-refractivity contribution in [2.45, 2.75) is 13.3 Å². The molecule has 0 radical (unpaired) electrons. The average molecular weight is 404 g/mol. The number of halogens is 2. The summed E-state index contributed by atoms with van der Waals surface area (Å²) in [4.78, 5) is 4.37. The second kappa shape index (κ2) is 6.99. The van der Waals surface area contributed by atoms with Gasteiger partial charge in [-0.15, -0.1) is 0 Å². The molecule has 0 aliphatic heterocycles. The van der Waals surface area contributed by atoms with Gasteiger partial charge < -0.3 is 15.8 Å². The predicted octanol–water partition coefficient (Wildman–Crippen LogP) is 4.45.